The van der Waals surface area contributed by atoms with E-state index in [-0.39, 0.29) is 0 Å². The molecule has 4 nitrogen and oxygen atoms in total. The number of pyridine rings is 1. The molecule has 10 aromatic rings. The Kier molecular flexibility index (Phi) is 8.47. The van der Waals surface area contributed by atoms with Gasteiger partial charge in [0, 0.05) is 29.1 Å². The molecule has 4 heteroatoms. The van der Waals surface area contributed by atoms with Crippen molar-refractivity contribution in [2.24, 2.45) is 0 Å². The molecular weight excluding hydrogens is 681 g/mol. The summed E-state index contributed by atoms with van der Waals surface area (Å²) in [6.07, 6.45) is 3.63. The molecule has 2 heterocycles. The van der Waals surface area contributed by atoms with Gasteiger partial charge in [-0.05, 0) is 84.3 Å². The number of hydrogen-bond acceptors (Lipinski definition) is 4. The molecule has 0 atom stereocenters. The quantitative estimate of drug-likeness (QED) is 0.165. The average Bonchev–Trinajstić information content (AvgIpc) is 3.29. The molecule has 0 N–H and O–H groups in total. The molecule has 2 aromatic heterocycles. The maximum absolute atomic E-state index is 5.27. The van der Waals surface area contributed by atoms with Gasteiger partial charge in [0.25, 0.3) is 0 Å². The maximum atomic E-state index is 5.27. The molecular formula is C52H34N4. The Morgan fingerprint density at radius 1 is 0.214 bits per heavy atom. The summed E-state index contributed by atoms with van der Waals surface area (Å²) in [7, 11) is 0. The van der Waals surface area contributed by atoms with Crippen LogP contribution in [0.4, 0.5) is 0 Å². The van der Waals surface area contributed by atoms with Crippen molar-refractivity contribution < 1.29 is 0 Å². The lowest BCUT2D eigenvalue weighted by molar-refractivity contribution is 1.08. The van der Waals surface area contributed by atoms with Gasteiger partial charge < -0.3 is 0 Å². The smallest absolute Gasteiger partial charge is 0.164 e. The lowest BCUT2D eigenvalue weighted by atomic mass is 9.89. The van der Waals surface area contributed by atoms with Crippen LogP contribution in [0.3, 0.4) is 0 Å². The van der Waals surface area contributed by atoms with Gasteiger partial charge in [0.05, 0.1) is 0 Å². The summed E-state index contributed by atoms with van der Waals surface area (Å²) in [6.45, 7) is 0. The fourth-order valence-electron chi connectivity index (χ4n) is 7.78. The van der Waals surface area contributed by atoms with Crippen molar-refractivity contribution in [2.75, 3.05) is 0 Å². The highest BCUT2D eigenvalue weighted by molar-refractivity contribution is 6.11. The Balaban J connectivity index is 1.16. The zero-order valence-corrected chi connectivity index (χ0v) is 30.4. The fourth-order valence-corrected chi connectivity index (χ4v) is 7.78. The van der Waals surface area contributed by atoms with Crippen LogP contribution in [0.25, 0.3) is 100 Å². The summed E-state index contributed by atoms with van der Waals surface area (Å²) in [5, 5.41) is 4.65. The molecule has 0 unspecified atom stereocenters. The number of fused-ring (bicyclic) bond motifs is 2. The first-order valence-electron chi connectivity index (χ1n) is 18.8. The van der Waals surface area contributed by atoms with Crippen LogP contribution in [0, 0.1) is 0 Å². The van der Waals surface area contributed by atoms with E-state index >= 15 is 0 Å². The first-order valence-corrected chi connectivity index (χ1v) is 18.8. The van der Waals surface area contributed by atoms with E-state index in [1.165, 1.54) is 27.5 Å². The van der Waals surface area contributed by atoms with Crippen molar-refractivity contribution in [1.82, 2.24) is 19.9 Å². The summed E-state index contributed by atoms with van der Waals surface area (Å²) in [5.41, 5.74) is 12.0. The monoisotopic (exact) mass is 714 g/mol. The van der Waals surface area contributed by atoms with Crippen molar-refractivity contribution in [1.29, 1.82) is 0 Å². The van der Waals surface area contributed by atoms with E-state index in [0.717, 1.165) is 55.3 Å². The van der Waals surface area contributed by atoms with E-state index in [2.05, 4.69) is 175 Å². The largest absolute Gasteiger partial charge is 0.265 e. The Morgan fingerprint density at radius 2 is 0.607 bits per heavy atom. The lowest BCUT2D eigenvalue weighted by Crippen LogP contribution is -2.01. The van der Waals surface area contributed by atoms with Crippen molar-refractivity contribution in [3.8, 4) is 78.7 Å². The number of nitrogens with zero attached hydrogens (tertiary/aromatic N) is 4. The van der Waals surface area contributed by atoms with Gasteiger partial charge >= 0.3 is 0 Å². The minimum absolute atomic E-state index is 0.616. The molecule has 0 spiro atoms. The van der Waals surface area contributed by atoms with Gasteiger partial charge in [0.2, 0.25) is 0 Å². The molecule has 0 aliphatic rings. The summed E-state index contributed by atoms with van der Waals surface area (Å²) in [6, 6.07) is 68.0. The zero-order valence-electron chi connectivity index (χ0n) is 30.4. The second-order valence-corrected chi connectivity index (χ2v) is 13.8. The van der Waals surface area contributed by atoms with Crippen molar-refractivity contribution in [3.05, 3.63) is 207 Å². The highest BCUT2D eigenvalue weighted by Gasteiger charge is 2.19. The van der Waals surface area contributed by atoms with Crippen LogP contribution >= 0.6 is 0 Å². The minimum Gasteiger partial charge on any atom is -0.265 e. The zero-order chi connectivity index (χ0) is 37.3. The maximum Gasteiger partial charge on any atom is 0.164 e. The SMILES string of the molecule is c1ccc(-c2ccccc2-c2nc(-c3ccc(-c4ccncc4)cc3)nc(-c3ccc(-c4ccc(-c5ccccc5)c5ccccc45)c4ccccc34)n2)cc1. The van der Waals surface area contributed by atoms with E-state index < -0.39 is 0 Å². The molecule has 0 aliphatic heterocycles. The number of hydrogen-bond donors (Lipinski definition) is 0. The Morgan fingerprint density at radius 3 is 1.21 bits per heavy atom. The van der Waals surface area contributed by atoms with E-state index in [0.29, 0.717) is 17.5 Å². The van der Waals surface area contributed by atoms with Gasteiger partial charge in [-0.1, -0.05) is 176 Å². The molecule has 0 bridgehead atoms. The normalized spacial score (nSPS) is 11.2. The van der Waals surface area contributed by atoms with Crippen molar-refractivity contribution in [2.45, 2.75) is 0 Å². The van der Waals surface area contributed by atoms with Crippen molar-refractivity contribution >= 4 is 21.5 Å². The predicted molar refractivity (Wildman–Crippen MR) is 231 cm³/mol. The van der Waals surface area contributed by atoms with E-state index in [1.54, 1.807) is 0 Å². The summed E-state index contributed by atoms with van der Waals surface area (Å²) < 4.78 is 0. The highest BCUT2D eigenvalue weighted by Crippen LogP contribution is 2.41. The summed E-state index contributed by atoms with van der Waals surface area (Å²) in [5.74, 6) is 1.86. The van der Waals surface area contributed by atoms with Crippen LogP contribution in [-0.4, -0.2) is 19.9 Å². The van der Waals surface area contributed by atoms with Crippen LogP contribution in [-0.2, 0) is 0 Å². The van der Waals surface area contributed by atoms with Gasteiger partial charge in [0.15, 0.2) is 17.5 Å². The minimum atomic E-state index is 0.616. The highest BCUT2D eigenvalue weighted by atomic mass is 15.0. The molecule has 262 valence electrons. The molecule has 0 radical (unpaired) electrons. The van der Waals surface area contributed by atoms with Crippen LogP contribution in [0.2, 0.25) is 0 Å². The second-order valence-electron chi connectivity index (χ2n) is 13.8. The van der Waals surface area contributed by atoms with Crippen molar-refractivity contribution in [3.63, 3.8) is 0 Å². The van der Waals surface area contributed by atoms with Gasteiger partial charge in [-0.2, -0.15) is 0 Å². The average molecular weight is 715 g/mol. The first-order chi connectivity index (χ1) is 27.8. The molecule has 0 fully saturated rings. The van der Waals surface area contributed by atoms with Crippen LogP contribution in [0.1, 0.15) is 0 Å². The van der Waals surface area contributed by atoms with E-state index in [4.69, 9.17) is 15.0 Å². The molecule has 10 rings (SSSR count). The molecule has 0 amide bonds. The predicted octanol–water partition coefficient (Wildman–Crippen LogP) is 13.2. The van der Waals surface area contributed by atoms with Gasteiger partial charge in [-0.3, -0.25) is 4.98 Å². The Hall–Kier alpha value is -7.56. The standard InChI is InChI=1S/C52H34N4/c1-3-13-37(14-4-1)40-17-7-12-22-48(40)51-54-50(39-25-23-35(24-26-39)36-31-33-53-34-32-36)55-52(56-51)49-30-29-47(44-20-10-11-21-45(44)49)46-28-27-41(38-15-5-2-6-16-38)42-18-8-9-19-43(42)46/h1-34H. The topological polar surface area (TPSA) is 51.6 Å². The lowest BCUT2D eigenvalue weighted by Gasteiger charge is -2.16. The third kappa shape index (κ3) is 6.09. The van der Waals surface area contributed by atoms with Crippen LogP contribution < -0.4 is 0 Å². The number of aromatic nitrogens is 4. The van der Waals surface area contributed by atoms with E-state index in [1.807, 2.05) is 36.7 Å². The van der Waals surface area contributed by atoms with Crippen LogP contribution in [0.15, 0.2) is 207 Å². The molecule has 0 saturated carbocycles. The van der Waals surface area contributed by atoms with E-state index in [9.17, 15) is 0 Å². The summed E-state index contributed by atoms with van der Waals surface area (Å²) >= 11 is 0. The third-order valence-corrected chi connectivity index (χ3v) is 10.5. The Labute approximate surface area is 325 Å². The number of rotatable bonds is 7. The summed E-state index contributed by atoms with van der Waals surface area (Å²) in [4.78, 5) is 19.8. The third-order valence-electron chi connectivity index (χ3n) is 10.5. The molecule has 56 heavy (non-hydrogen) atoms. The van der Waals surface area contributed by atoms with Crippen LogP contribution in [0.5, 0.6) is 0 Å². The molecule has 0 saturated heterocycles. The molecule has 0 aliphatic carbocycles. The molecule has 8 aromatic carbocycles. The first kappa shape index (κ1) is 33.0. The van der Waals surface area contributed by atoms with Gasteiger partial charge in [-0.15, -0.1) is 0 Å². The fraction of sp³-hybridized carbons (Fsp3) is 0. The van der Waals surface area contributed by atoms with Gasteiger partial charge in [0.1, 0.15) is 0 Å². The second kappa shape index (κ2) is 14.3. The van der Waals surface area contributed by atoms with Gasteiger partial charge in [-0.25, -0.2) is 15.0 Å². The number of benzene rings is 8. The Bertz CT molecular complexity index is 3000.